The molecule has 1 aliphatic heterocycles. The van der Waals surface area contributed by atoms with E-state index in [-0.39, 0.29) is 33.3 Å². The Morgan fingerprint density at radius 1 is 1.20 bits per heavy atom. The minimum absolute atomic E-state index is 0.0602. The monoisotopic (exact) mass is 338 g/mol. The Kier molecular flexibility index (Phi) is 4.41. The minimum atomic E-state index is -2.94. The molecule has 1 aliphatic rings. The largest absolute Gasteiger partial charge is 0.380 e. The van der Waals surface area contributed by atoms with Gasteiger partial charge in [0.25, 0.3) is 5.69 Å². The van der Waals surface area contributed by atoms with Crippen molar-refractivity contribution in [3.63, 3.8) is 0 Å². The van der Waals surface area contributed by atoms with Crippen LogP contribution in [0.5, 0.6) is 0 Å². The highest BCUT2D eigenvalue weighted by molar-refractivity contribution is 7.91. The van der Waals surface area contributed by atoms with Crippen molar-refractivity contribution in [2.45, 2.75) is 18.9 Å². The van der Waals surface area contributed by atoms with Crippen LogP contribution in [-0.4, -0.2) is 30.9 Å². The molecule has 1 fully saturated rings. The summed E-state index contributed by atoms with van der Waals surface area (Å²) in [5.74, 6) is 0.236. The van der Waals surface area contributed by atoms with Crippen LogP contribution >= 0.6 is 23.2 Å². The molecule has 0 aliphatic carbocycles. The third-order valence-electron chi connectivity index (χ3n) is 3.14. The van der Waals surface area contributed by atoms with E-state index in [0.29, 0.717) is 18.5 Å². The van der Waals surface area contributed by atoms with Gasteiger partial charge in [0, 0.05) is 18.2 Å². The molecule has 20 heavy (non-hydrogen) atoms. The van der Waals surface area contributed by atoms with Crippen molar-refractivity contribution in [2.24, 2.45) is 0 Å². The Balaban J connectivity index is 2.16. The van der Waals surface area contributed by atoms with E-state index in [4.69, 9.17) is 23.2 Å². The van der Waals surface area contributed by atoms with Crippen LogP contribution < -0.4 is 5.32 Å². The van der Waals surface area contributed by atoms with E-state index in [1.807, 2.05) is 0 Å². The lowest BCUT2D eigenvalue weighted by molar-refractivity contribution is -0.384. The number of sulfone groups is 1. The Morgan fingerprint density at radius 3 is 2.15 bits per heavy atom. The fourth-order valence-electron chi connectivity index (χ4n) is 2.04. The summed E-state index contributed by atoms with van der Waals surface area (Å²) in [6, 6.07) is 2.37. The third-order valence-corrected chi connectivity index (χ3v) is 5.45. The average molecular weight is 339 g/mol. The quantitative estimate of drug-likeness (QED) is 0.676. The number of benzene rings is 1. The number of nitro benzene ring substituents is 1. The molecule has 0 amide bonds. The van der Waals surface area contributed by atoms with Crippen molar-refractivity contribution >= 4 is 44.4 Å². The molecular formula is C11H12Cl2N2O4S. The minimum Gasteiger partial charge on any atom is -0.380 e. The molecule has 0 saturated carbocycles. The molecule has 1 saturated heterocycles. The van der Waals surface area contributed by atoms with E-state index in [1.54, 1.807) is 0 Å². The number of halogens is 2. The van der Waals surface area contributed by atoms with Gasteiger partial charge in [0.2, 0.25) is 0 Å². The molecule has 0 atom stereocenters. The number of rotatable bonds is 3. The summed E-state index contributed by atoms with van der Waals surface area (Å²) in [6.07, 6.45) is 0.929. The first kappa shape index (κ1) is 15.3. The van der Waals surface area contributed by atoms with Crippen molar-refractivity contribution in [3.8, 4) is 0 Å². The summed E-state index contributed by atoms with van der Waals surface area (Å²) < 4.78 is 22.7. The highest BCUT2D eigenvalue weighted by Gasteiger charge is 2.25. The van der Waals surface area contributed by atoms with Crippen LogP contribution in [0.3, 0.4) is 0 Å². The van der Waals surface area contributed by atoms with Gasteiger partial charge in [0.05, 0.1) is 32.2 Å². The summed E-state index contributed by atoms with van der Waals surface area (Å²) >= 11 is 12.0. The molecule has 0 unspecified atom stereocenters. The highest BCUT2D eigenvalue weighted by Crippen LogP contribution is 2.35. The molecule has 110 valence electrons. The topological polar surface area (TPSA) is 89.3 Å². The van der Waals surface area contributed by atoms with Gasteiger partial charge in [-0.05, 0) is 12.8 Å². The molecule has 0 radical (unpaired) electrons. The van der Waals surface area contributed by atoms with Crippen LogP contribution in [0, 0.1) is 10.1 Å². The van der Waals surface area contributed by atoms with Gasteiger partial charge in [-0.15, -0.1) is 0 Å². The van der Waals surface area contributed by atoms with E-state index in [9.17, 15) is 18.5 Å². The van der Waals surface area contributed by atoms with Crippen LogP contribution in [0.15, 0.2) is 12.1 Å². The van der Waals surface area contributed by atoms with Crippen LogP contribution in [0.1, 0.15) is 12.8 Å². The first-order valence-corrected chi connectivity index (χ1v) is 8.46. The second kappa shape index (κ2) is 5.75. The molecule has 1 aromatic rings. The van der Waals surface area contributed by atoms with E-state index in [2.05, 4.69) is 5.32 Å². The number of non-ortho nitro benzene ring substituents is 1. The fraction of sp³-hybridized carbons (Fsp3) is 0.455. The summed E-state index contributed by atoms with van der Waals surface area (Å²) in [5.41, 5.74) is 0.222. The lowest BCUT2D eigenvalue weighted by Crippen LogP contribution is -2.32. The Labute approximate surface area is 126 Å². The molecule has 1 N–H and O–H groups in total. The SMILES string of the molecule is O=[N+]([O-])c1cc(Cl)c(NC2CCS(=O)(=O)CC2)c(Cl)c1. The molecule has 1 heterocycles. The predicted molar refractivity (Wildman–Crippen MR) is 78.4 cm³/mol. The van der Waals surface area contributed by atoms with E-state index >= 15 is 0 Å². The van der Waals surface area contributed by atoms with Gasteiger partial charge < -0.3 is 5.32 Å². The van der Waals surface area contributed by atoms with Crippen molar-refractivity contribution < 1.29 is 13.3 Å². The van der Waals surface area contributed by atoms with Crippen molar-refractivity contribution in [1.82, 2.24) is 0 Å². The third kappa shape index (κ3) is 3.53. The molecule has 1 aromatic carbocycles. The lowest BCUT2D eigenvalue weighted by Gasteiger charge is -2.25. The molecule has 6 nitrogen and oxygen atoms in total. The number of hydrogen-bond acceptors (Lipinski definition) is 5. The Morgan fingerprint density at radius 2 is 1.70 bits per heavy atom. The van der Waals surface area contributed by atoms with E-state index in [1.165, 1.54) is 12.1 Å². The normalized spacial score (nSPS) is 18.7. The van der Waals surface area contributed by atoms with Crippen molar-refractivity contribution in [2.75, 3.05) is 16.8 Å². The summed E-state index contributed by atoms with van der Waals surface area (Å²) in [5, 5.41) is 14.1. The molecule has 0 aromatic heterocycles. The maximum Gasteiger partial charge on any atom is 0.272 e. The molecule has 2 rings (SSSR count). The van der Waals surface area contributed by atoms with Crippen molar-refractivity contribution in [1.29, 1.82) is 0 Å². The van der Waals surface area contributed by atoms with E-state index < -0.39 is 14.8 Å². The van der Waals surface area contributed by atoms with Gasteiger partial charge in [0.15, 0.2) is 0 Å². The summed E-state index contributed by atoms with van der Waals surface area (Å²) in [6.45, 7) is 0. The number of hydrogen-bond donors (Lipinski definition) is 1. The molecule has 9 heteroatoms. The molecule has 0 bridgehead atoms. The number of anilines is 1. The van der Waals surface area contributed by atoms with Crippen LogP contribution in [0.4, 0.5) is 11.4 Å². The zero-order valence-corrected chi connectivity index (χ0v) is 12.6. The fourth-order valence-corrected chi connectivity index (χ4v) is 4.12. The maximum absolute atomic E-state index is 11.3. The maximum atomic E-state index is 11.3. The average Bonchev–Trinajstić information content (AvgIpc) is 2.35. The number of nitrogens with zero attached hydrogens (tertiary/aromatic N) is 1. The molecular weight excluding hydrogens is 327 g/mol. The van der Waals surface area contributed by atoms with Crippen LogP contribution in [0.25, 0.3) is 0 Å². The highest BCUT2D eigenvalue weighted by atomic mass is 35.5. The second-order valence-corrected chi connectivity index (χ2v) is 7.73. The zero-order chi connectivity index (χ0) is 14.9. The van der Waals surface area contributed by atoms with Gasteiger partial charge >= 0.3 is 0 Å². The van der Waals surface area contributed by atoms with Gasteiger partial charge in [0.1, 0.15) is 9.84 Å². The van der Waals surface area contributed by atoms with Gasteiger partial charge in [-0.2, -0.15) is 0 Å². The van der Waals surface area contributed by atoms with Gasteiger partial charge in [-0.1, -0.05) is 23.2 Å². The van der Waals surface area contributed by atoms with Gasteiger partial charge in [-0.3, -0.25) is 10.1 Å². The van der Waals surface area contributed by atoms with Crippen LogP contribution in [-0.2, 0) is 9.84 Å². The first-order valence-electron chi connectivity index (χ1n) is 5.89. The Bertz CT molecular complexity index is 611. The summed E-state index contributed by atoms with van der Waals surface area (Å²) in [4.78, 5) is 10.1. The first-order chi connectivity index (χ1) is 9.28. The van der Waals surface area contributed by atoms with Crippen molar-refractivity contribution in [3.05, 3.63) is 32.3 Å². The Hall–Kier alpha value is -1.05. The smallest absolute Gasteiger partial charge is 0.272 e. The van der Waals surface area contributed by atoms with E-state index in [0.717, 1.165) is 0 Å². The predicted octanol–water partition coefficient (Wildman–Crippen LogP) is 2.89. The molecule has 0 spiro atoms. The number of nitro groups is 1. The van der Waals surface area contributed by atoms with Gasteiger partial charge in [-0.25, -0.2) is 8.42 Å². The summed E-state index contributed by atoms with van der Waals surface area (Å²) in [7, 11) is -2.94. The zero-order valence-electron chi connectivity index (χ0n) is 10.3. The van der Waals surface area contributed by atoms with Crippen LogP contribution in [0.2, 0.25) is 10.0 Å². The second-order valence-electron chi connectivity index (χ2n) is 4.61. The standard InChI is InChI=1S/C11H12Cl2N2O4S/c12-9-5-8(15(16)17)6-10(13)11(9)14-7-1-3-20(18,19)4-2-7/h5-7,14H,1-4H2. The lowest BCUT2D eigenvalue weighted by atomic mass is 10.1. The number of nitrogens with one attached hydrogen (secondary N) is 1.